The van der Waals surface area contributed by atoms with Crippen molar-refractivity contribution in [3.63, 3.8) is 0 Å². The van der Waals surface area contributed by atoms with Crippen LogP contribution in [0.4, 0.5) is 0 Å². The van der Waals surface area contributed by atoms with Gasteiger partial charge in [0.15, 0.2) is 10.2 Å². The van der Waals surface area contributed by atoms with Crippen molar-refractivity contribution in [3.8, 4) is 0 Å². The van der Waals surface area contributed by atoms with E-state index in [0.29, 0.717) is 5.16 Å². The van der Waals surface area contributed by atoms with E-state index in [2.05, 4.69) is 21.2 Å². The highest BCUT2D eigenvalue weighted by molar-refractivity contribution is 8.01. The molecule has 7 heteroatoms. The van der Waals surface area contributed by atoms with Crippen molar-refractivity contribution in [1.82, 2.24) is 19.9 Å². The molecule has 2 heterocycles. The van der Waals surface area contributed by atoms with Gasteiger partial charge in [0.2, 0.25) is 5.16 Å². The average molecular weight is 277 g/mol. The summed E-state index contributed by atoms with van der Waals surface area (Å²) in [5, 5.41) is 8.77. The molecule has 2 N–H and O–H groups in total. The van der Waals surface area contributed by atoms with Crippen LogP contribution in [0.2, 0.25) is 0 Å². The van der Waals surface area contributed by atoms with Crippen LogP contribution in [0.3, 0.4) is 0 Å². The van der Waals surface area contributed by atoms with Crippen LogP contribution in [0.5, 0.6) is 0 Å². The number of aryl methyl sites for hydroxylation is 1. The van der Waals surface area contributed by atoms with Crippen molar-refractivity contribution >= 4 is 33.3 Å². The van der Waals surface area contributed by atoms with Gasteiger partial charge < -0.3 is 5.84 Å². The molecular weight excluding hydrogens is 266 g/mol. The maximum absolute atomic E-state index is 5.90. The molecule has 0 bridgehead atoms. The summed E-state index contributed by atoms with van der Waals surface area (Å²) in [5.74, 6) is 6.68. The van der Waals surface area contributed by atoms with E-state index in [1.165, 1.54) is 21.1 Å². The van der Waals surface area contributed by atoms with E-state index in [4.69, 9.17) is 5.84 Å². The lowest BCUT2D eigenvalue weighted by Gasteiger charge is -1.98. The van der Waals surface area contributed by atoms with E-state index in [1.54, 1.807) is 11.3 Å². The molecule has 0 spiro atoms. The number of nitrogen functional groups attached to an aromatic ring is 1. The summed E-state index contributed by atoms with van der Waals surface area (Å²) in [6, 6.07) is 8.05. The fourth-order valence-electron chi connectivity index (χ4n) is 1.59. The van der Waals surface area contributed by atoms with Gasteiger partial charge in [-0.1, -0.05) is 19.1 Å². The number of fused-ring (bicyclic) bond motifs is 1. The summed E-state index contributed by atoms with van der Waals surface area (Å²) in [6.07, 6.45) is 0.768. The molecule has 0 fully saturated rings. The van der Waals surface area contributed by atoms with Gasteiger partial charge in [0.05, 0.1) is 10.2 Å². The third-order valence-corrected chi connectivity index (χ3v) is 4.56. The highest BCUT2D eigenvalue weighted by atomic mass is 32.2. The molecule has 18 heavy (non-hydrogen) atoms. The molecule has 0 aliphatic rings. The lowest BCUT2D eigenvalue weighted by atomic mass is 10.3. The first-order valence-corrected chi connectivity index (χ1v) is 7.14. The van der Waals surface area contributed by atoms with Crippen molar-refractivity contribution in [3.05, 3.63) is 30.1 Å². The summed E-state index contributed by atoms with van der Waals surface area (Å²) >= 11 is 3.08. The van der Waals surface area contributed by atoms with Crippen LogP contribution in [0.25, 0.3) is 10.2 Å². The maximum Gasteiger partial charge on any atom is 0.216 e. The fraction of sp³-hybridized carbons (Fsp3) is 0.182. The Morgan fingerprint density at radius 3 is 2.89 bits per heavy atom. The summed E-state index contributed by atoms with van der Waals surface area (Å²) in [4.78, 5) is 4.53. The molecular formula is C11H11N5S2. The third-order valence-electron chi connectivity index (χ3n) is 2.50. The minimum absolute atomic E-state index is 0.672. The number of benzene rings is 1. The lowest BCUT2D eigenvalue weighted by molar-refractivity contribution is 0.796. The van der Waals surface area contributed by atoms with E-state index in [-0.39, 0.29) is 0 Å². The zero-order valence-electron chi connectivity index (χ0n) is 9.70. The van der Waals surface area contributed by atoms with Crippen LogP contribution < -0.4 is 5.84 Å². The van der Waals surface area contributed by atoms with Gasteiger partial charge in [-0.2, -0.15) is 0 Å². The van der Waals surface area contributed by atoms with Gasteiger partial charge in [-0.05, 0) is 23.9 Å². The smallest absolute Gasteiger partial charge is 0.216 e. The number of hydrogen-bond donors (Lipinski definition) is 1. The topological polar surface area (TPSA) is 69.6 Å². The van der Waals surface area contributed by atoms with E-state index < -0.39 is 0 Å². The minimum Gasteiger partial charge on any atom is -0.336 e. The van der Waals surface area contributed by atoms with Gasteiger partial charge in [-0.25, -0.2) is 9.66 Å². The number of thiazole rings is 1. The van der Waals surface area contributed by atoms with Crippen molar-refractivity contribution in [2.75, 3.05) is 5.84 Å². The van der Waals surface area contributed by atoms with Crippen LogP contribution in [-0.2, 0) is 6.42 Å². The van der Waals surface area contributed by atoms with E-state index in [9.17, 15) is 0 Å². The molecule has 0 aliphatic carbocycles. The number of para-hydroxylation sites is 1. The summed E-state index contributed by atoms with van der Waals surface area (Å²) in [6.45, 7) is 2.00. The van der Waals surface area contributed by atoms with Crippen molar-refractivity contribution < 1.29 is 0 Å². The highest BCUT2D eigenvalue weighted by Gasteiger charge is 2.12. The van der Waals surface area contributed by atoms with Crippen LogP contribution in [-0.4, -0.2) is 19.9 Å². The zero-order chi connectivity index (χ0) is 12.5. The Labute approximate surface area is 112 Å². The Morgan fingerprint density at radius 1 is 1.33 bits per heavy atom. The summed E-state index contributed by atoms with van der Waals surface area (Å²) < 4.78 is 3.62. The normalized spacial score (nSPS) is 11.2. The molecule has 0 aliphatic heterocycles. The first-order valence-electron chi connectivity index (χ1n) is 5.50. The highest BCUT2D eigenvalue weighted by Crippen LogP contribution is 2.32. The molecule has 5 nitrogen and oxygen atoms in total. The number of hydrogen-bond acceptors (Lipinski definition) is 6. The second-order valence-electron chi connectivity index (χ2n) is 3.67. The second kappa shape index (κ2) is 4.58. The number of aromatic nitrogens is 4. The predicted molar refractivity (Wildman–Crippen MR) is 73.3 cm³/mol. The molecule has 92 valence electrons. The van der Waals surface area contributed by atoms with Gasteiger partial charge in [0.25, 0.3) is 0 Å². The Bertz CT molecular complexity index is 655. The number of nitrogens with zero attached hydrogens (tertiary/aromatic N) is 4. The molecule has 0 saturated heterocycles. The predicted octanol–water partition coefficient (Wildman–Crippen LogP) is 2.32. The number of rotatable bonds is 3. The van der Waals surface area contributed by atoms with Gasteiger partial charge in [0.1, 0.15) is 0 Å². The Morgan fingerprint density at radius 2 is 2.17 bits per heavy atom. The van der Waals surface area contributed by atoms with E-state index in [1.807, 2.05) is 25.1 Å². The van der Waals surface area contributed by atoms with Crippen molar-refractivity contribution in [2.45, 2.75) is 22.8 Å². The molecule has 3 rings (SSSR count). The Balaban J connectivity index is 1.93. The third kappa shape index (κ3) is 1.95. The monoisotopic (exact) mass is 277 g/mol. The van der Waals surface area contributed by atoms with E-state index in [0.717, 1.165) is 22.1 Å². The maximum atomic E-state index is 5.90. The summed E-state index contributed by atoms with van der Waals surface area (Å²) in [5.41, 5.74) is 1.00. The molecule has 0 saturated carbocycles. The van der Waals surface area contributed by atoms with Gasteiger partial charge in [-0.15, -0.1) is 21.5 Å². The average Bonchev–Trinajstić information content (AvgIpc) is 2.94. The largest absolute Gasteiger partial charge is 0.336 e. The molecule has 0 radical (unpaired) electrons. The summed E-state index contributed by atoms with van der Waals surface area (Å²) in [7, 11) is 0. The molecule has 0 amide bonds. The minimum atomic E-state index is 0.672. The SMILES string of the molecule is CCc1nnc(Sc2nc3ccccc3s2)n1N. The van der Waals surface area contributed by atoms with Crippen LogP contribution in [0.1, 0.15) is 12.7 Å². The van der Waals surface area contributed by atoms with Crippen LogP contribution in [0.15, 0.2) is 33.8 Å². The number of nitrogens with two attached hydrogens (primary N) is 1. The van der Waals surface area contributed by atoms with E-state index >= 15 is 0 Å². The molecule has 0 atom stereocenters. The molecule has 0 unspecified atom stereocenters. The van der Waals surface area contributed by atoms with Crippen LogP contribution >= 0.6 is 23.1 Å². The van der Waals surface area contributed by atoms with Gasteiger partial charge in [-0.3, -0.25) is 0 Å². The molecule has 1 aromatic carbocycles. The first kappa shape index (κ1) is 11.5. The van der Waals surface area contributed by atoms with Crippen molar-refractivity contribution in [2.24, 2.45) is 0 Å². The lowest BCUT2D eigenvalue weighted by Crippen LogP contribution is -2.13. The zero-order valence-corrected chi connectivity index (χ0v) is 11.3. The first-order chi connectivity index (χ1) is 8.78. The Kier molecular flexibility index (Phi) is 2.92. The van der Waals surface area contributed by atoms with Crippen LogP contribution in [0, 0.1) is 0 Å². The second-order valence-corrected chi connectivity index (χ2v) is 5.92. The standard InChI is InChI=1S/C11H11N5S2/c1-2-9-14-15-10(16(9)12)18-11-13-7-5-3-4-6-8(7)17-11/h3-6H,2,12H2,1H3. The van der Waals surface area contributed by atoms with Crippen molar-refractivity contribution in [1.29, 1.82) is 0 Å². The fourth-order valence-corrected chi connectivity index (χ4v) is 3.53. The Hall–Kier alpha value is -1.60. The van der Waals surface area contributed by atoms with Gasteiger partial charge in [0, 0.05) is 6.42 Å². The van der Waals surface area contributed by atoms with Gasteiger partial charge >= 0.3 is 0 Å². The molecule has 2 aromatic heterocycles. The quantitative estimate of drug-likeness (QED) is 0.744. The molecule has 3 aromatic rings.